The topological polar surface area (TPSA) is 57.2 Å². The van der Waals surface area contributed by atoms with E-state index in [1.165, 1.54) is 15.9 Å². The average Bonchev–Trinajstić information content (AvgIpc) is 2.64. The highest BCUT2D eigenvalue weighted by atomic mass is 32.2. The quantitative estimate of drug-likeness (QED) is 0.511. The third-order valence-electron chi connectivity index (χ3n) is 4.07. The van der Waals surface area contributed by atoms with E-state index in [0.717, 1.165) is 6.16 Å². The van der Waals surface area contributed by atoms with Crippen molar-refractivity contribution in [3.05, 3.63) is 91.0 Å². The first-order valence-electron chi connectivity index (χ1n) is 8.33. The third-order valence-corrected chi connectivity index (χ3v) is 8.55. The monoisotopic (exact) mass is 386 g/mol. The fraction of sp³-hybridized carbons (Fsp3) is 0.143. The number of hydrogen-bond acceptors (Lipinski definition) is 3. The van der Waals surface area contributed by atoms with Gasteiger partial charge >= 0.3 is 0 Å². The molecule has 3 aromatic rings. The van der Waals surface area contributed by atoms with Crippen LogP contribution < -0.4 is 15.9 Å². The van der Waals surface area contributed by atoms with E-state index in [1.54, 1.807) is 0 Å². The maximum Gasteiger partial charge on any atom is 0.111 e. The molecule has 0 radical (unpaired) electrons. The zero-order chi connectivity index (χ0) is 19.0. The third kappa shape index (κ3) is 5.25. The van der Waals surface area contributed by atoms with Gasteiger partial charge in [0.15, 0.2) is 0 Å². The van der Waals surface area contributed by atoms with Crippen molar-refractivity contribution >= 4 is 33.3 Å². The van der Waals surface area contributed by atoms with E-state index in [4.69, 9.17) is 13.0 Å². The summed E-state index contributed by atoms with van der Waals surface area (Å²) in [7, 11) is -5.45. The van der Waals surface area contributed by atoms with E-state index < -0.39 is 17.4 Å². The van der Waals surface area contributed by atoms with E-state index in [0.29, 0.717) is 6.26 Å². The Hall–Kier alpha value is -2.00. The molecule has 0 aliphatic rings. The van der Waals surface area contributed by atoms with Crippen LogP contribution in [0.4, 0.5) is 0 Å². The molecule has 0 unspecified atom stereocenters. The highest BCUT2D eigenvalue weighted by Crippen LogP contribution is 2.54. The Morgan fingerprint density at radius 3 is 1.12 bits per heavy atom. The smallest absolute Gasteiger partial charge is 0.111 e. The van der Waals surface area contributed by atoms with Crippen LogP contribution in [0.25, 0.3) is 0 Å². The van der Waals surface area contributed by atoms with Gasteiger partial charge in [0, 0.05) is 6.26 Å². The number of rotatable bonds is 4. The van der Waals surface area contributed by atoms with E-state index in [2.05, 4.69) is 97.9 Å². The molecule has 3 aromatic carbocycles. The lowest BCUT2D eigenvalue weighted by Crippen LogP contribution is -2.32. The van der Waals surface area contributed by atoms with Gasteiger partial charge in [0.05, 0.1) is 16.3 Å². The van der Waals surface area contributed by atoms with Gasteiger partial charge in [-0.1, -0.05) is 54.6 Å². The van der Waals surface area contributed by atoms with Gasteiger partial charge in [0.25, 0.3) is 0 Å². The van der Waals surface area contributed by atoms with Gasteiger partial charge in [0.2, 0.25) is 0 Å². The maximum atomic E-state index is 9.08. The van der Waals surface area contributed by atoms with Gasteiger partial charge in [-0.3, -0.25) is 0 Å². The Kier molecular flexibility index (Phi) is 7.10. The molecule has 0 aromatic heterocycles. The fourth-order valence-corrected chi connectivity index (χ4v) is 7.08. The summed E-state index contributed by atoms with van der Waals surface area (Å²) >= 11 is 0. The Bertz CT molecular complexity index is 791. The molecule has 0 saturated heterocycles. The molecule has 0 saturated carbocycles. The largest absolute Gasteiger partial charge is 0.748 e. The van der Waals surface area contributed by atoms with Gasteiger partial charge in [0.1, 0.15) is 23.2 Å². The summed E-state index contributed by atoms with van der Waals surface area (Å²) in [4.78, 5) is 0. The second-order valence-electron chi connectivity index (χ2n) is 5.84. The van der Waals surface area contributed by atoms with E-state index >= 15 is 0 Å². The van der Waals surface area contributed by atoms with Crippen LogP contribution in [0.5, 0.6) is 0 Å². The van der Waals surface area contributed by atoms with Crippen LogP contribution in [0, 0.1) is 0 Å². The van der Waals surface area contributed by atoms with Crippen molar-refractivity contribution in [3.8, 4) is 0 Å². The molecule has 0 amide bonds. The molecule has 0 fully saturated rings. The van der Waals surface area contributed by atoms with Crippen molar-refractivity contribution in [2.45, 2.75) is 6.92 Å². The molecule has 0 heterocycles. The lowest BCUT2D eigenvalue weighted by atomic mass is 10.4. The second kappa shape index (κ2) is 9.09. The molecule has 136 valence electrons. The fourth-order valence-electron chi connectivity index (χ4n) is 3.04. The molecule has 0 atom stereocenters. The first kappa shape index (κ1) is 20.3. The minimum atomic E-state index is -3.92. The summed E-state index contributed by atoms with van der Waals surface area (Å²) in [5.74, 6) is 0. The lowest BCUT2D eigenvalue weighted by Gasteiger charge is -2.26. The van der Waals surface area contributed by atoms with Crippen LogP contribution >= 0.6 is 7.26 Å². The molecule has 26 heavy (non-hydrogen) atoms. The molecular weight excluding hydrogens is 363 g/mol. The van der Waals surface area contributed by atoms with Crippen LogP contribution in [0.3, 0.4) is 0 Å². The highest BCUT2D eigenvalue weighted by Gasteiger charge is 2.43. The zero-order valence-electron chi connectivity index (χ0n) is 14.9. The summed E-state index contributed by atoms with van der Waals surface area (Å²) in [6, 6.07) is 33.0. The van der Waals surface area contributed by atoms with Crippen LogP contribution in [-0.2, 0) is 10.1 Å². The minimum Gasteiger partial charge on any atom is -0.748 e. The van der Waals surface area contributed by atoms with Gasteiger partial charge in [-0.25, -0.2) is 8.42 Å². The standard InChI is InChI=1S/C20H20P.CH4O3S/c1-2-21(18-12-6-3-7-13-18,19-14-8-4-9-15-19)20-16-10-5-11-17-20;1-5(2,3)4/h3-17H,2H2,1H3;1H3,(H,2,3,4)/q+1;/p-1. The summed E-state index contributed by atoms with van der Waals surface area (Å²) in [6.45, 7) is 2.32. The van der Waals surface area contributed by atoms with Crippen molar-refractivity contribution in [2.24, 2.45) is 0 Å². The van der Waals surface area contributed by atoms with E-state index in [9.17, 15) is 0 Å². The van der Waals surface area contributed by atoms with E-state index in [1.807, 2.05) is 0 Å². The van der Waals surface area contributed by atoms with Crippen LogP contribution in [0.1, 0.15) is 6.92 Å². The van der Waals surface area contributed by atoms with Crippen LogP contribution in [0.15, 0.2) is 91.0 Å². The molecule has 0 aliphatic heterocycles. The van der Waals surface area contributed by atoms with E-state index in [-0.39, 0.29) is 0 Å². The predicted molar refractivity (Wildman–Crippen MR) is 111 cm³/mol. The summed E-state index contributed by atoms with van der Waals surface area (Å²) in [5, 5.41) is 4.39. The number of benzene rings is 3. The Morgan fingerprint density at radius 2 is 0.923 bits per heavy atom. The minimum absolute atomic E-state index is 0.604. The van der Waals surface area contributed by atoms with Crippen LogP contribution in [0.2, 0.25) is 0 Å². The van der Waals surface area contributed by atoms with Gasteiger partial charge in [-0.15, -0.1) is 0 Å². The maximum absolute atomic E-state index is 9.08. The highest BCUT2D eigenvalue weighted by molar-refractivity contribution is 7.95. The molecule has 0 bridgehead atoms. The van der Waals surface area contributed by atoms with Gasteiger partial charge in [-0.05, 0) is 43.3 Å². The molecule has 0 spiro atoms. The SMILES string of the molecule is CC[P+](c1ccccc1)(c1ccccc1)c1ccccc1.CS(=O)(=O)[O-]. The van der Waals surface area contributed by atoms with Crippen molar-refractivity contribution in [1.82, 2.24) is 0 Å². The zero-order valence-corrected chi connectivity index (χ0v) is 16.7. The normalized spacial score (nSPS) is 11.3. The van der Waals surface area contributed by atoms with Crippen molar-refractivity contribution in [3.63, 3.8) is 0 Å². The Labute approximate surface area is 156 Å². The summed E-state index contributed by atoms with van der Waals surface area (Å²) < 4.78 is 27.2. The van der Waals surface area contributed by atoms with Gasteiger partial charge in [-0.2, -0.15) is 0 Å². The van der Waals surface area contributed by atoms with Crippen molar-refractivity contribution in [1.29, 1.82) is 0 Å². The van der Waals surface area contributed by atoms with Crippen molar-refractivity contribution in [2.75, 3.05) is 12.4 Å². The summed E-state index contributed by atoms with van der Waals surface area (Å²) in [5.41, 5.74) is 0. The first-order chi connectivity index (χ1) is 12.4. The van der Waals surface area contributed by atoms with Crippen LogP contribution in [-0.4, -0.2) is 25.4 Å². The molecule has 0 aliphatic carbocycles. The molecular formula is C21H23O3PS. The van der Waals surface area contributed by atoms with Crippen molar-refractivity contribution < 1.29 is 13.0 Å². The number of hydrogen-bond donors (Lipinski definition) is 0. The summed E-state index contributed by atoms with van der Waals surface area (Å²) in [6.07, 6.45) is 1.75. The predicted octanol–water partition coefficient (Wildman–Crippen LogP) is 3.16. The first-order valence-corrected chi connectivity index (χ1v) is 12.1. The second-order valence-corrected chi connectivity index (χ2v) is 11.0. The molecule has 5 heteroatoms. The van der Waals surface area contributed by atoms with Gasteiger partial charge < -0.3 is 4.55 Å². The molecule has 3 nitrogen and oxygen atoms in total. The molecule has 3 rings (SSSR count). The average molecular weight is 386 g/mol. The Morgan fingerprint density at radius 1 is 0.692 bits per heavy atom. The Balaban J connectivity index is 0.000000431. The molecule has 0 N–H and O–H groups in total. The lowest BCUT2D eigenvalue weighted by molar-refractivity contribution is 0.470.